The van der Waals surface area contributed by atoms with Crippen molar-refractivity contribution in [1.82, 2.24) is 0 Å². The molecule has 1 rings (SSSR count). The number of esters is 1. The van der Waals surface area contributed by atoms with Gasteiger partial charge in [-0.05, 0) is 32.1 Å². The van der Waals surface area contributed by atoms with Gasteiger partial charge in [0.1, 0.15) is 6.10 Å². The summed E-state index contributed by atoms with van der Waals surface area (Å²) in [6, 6.07) is 0. The van der Waals surface area contributed by atoms with E-state index in [1.165, 1.54) is 77.0 Å². The Bertz CT molecular complexity index is 294. The van der Waals surface area contributed by atoms with Crippen molar-refractivity contribution < 1.29 is 9.53 Å². The molecule has 0 aliphatic heterocycles. The summed E-state index contributed by atoms with van der Waals surface area (Å²) in [6.07, 6.45) is 21.4. The molecule has 24 heavy (non-hydrogen) atoms. The Morgan fingerprint density at radius 2 is 1.38 bits per heavy atom. The Labute approximate surface area is 151 Å². The molecule has 0 spiro atoms. The van der Waals surface area contributed by atoms with E-state index < -0.39 is 0 Å². The van der Waals surface area contributed by atoms with Crippen LogP contribution >= 0.6 is 0 Å². The summed E-state index contributed by atoms with van der Waals surface area (Å²) in [4.78, 5) is 12.3. The molecule has 1 saturated carbocycles. The Kier molecular flexibility index (Phi) is 13.3. The fraction of sp³-hybridized carbons (Fsp3) is 0.955. The molecular weight excluding hydrogens is 296 g/mol. The summed E-state index contributed by atoms with van der Waals surface area (Å²) < 4.78 is 5.86. The van der Waals surface area contributed by atoms with Gasteiger partial charge in [0.05, 0.1) is 5.92 Å². The SMILES string of the molecule is CCCCCCCCCCCC(CCC)OC(=O)C1CCCCC1. The normalized spacial score (nSPS) is 16.9. The van der Waals surface area contributed by atoms with Crippen LogP contribution in [0, 0.1) is 5.92 Å². The molecule has 0 aromatic heterocycles. The second kappa shape index (κ2) is 14.8. The van der Waals surface area contributed by atoms with Gasteiger partial charge < -0.3 is 4.74 Å². The first-order valence-corrected chi connectivity index (χ1v) is 11.0. The molecule has 0 aromatic rings. The van der Waals surface area contributed by atoms with Crippen molar-refractivity contribution >= 4 is 5.97 Å². The molecular formula is C22H42O2. The van der Waals surface area contributed by atoms with E-state index in [-0.39, 0.29) is 18.0 Å². The Morgan fingerprint density at radius 1 is 0.792 bits per heavy atom. The molecule has 1 unspecified atom stereocenters. The maximum atomic E-state index is 12.3. The van der Waals surface area contributed by atoms with Crippen LogP contribution in [0.15, 0.2) is 0 Å². The zero-order valence-electron chi connectivity index (χ0n) is 16.5. The summed E-state index contributed by atoms with van der Waals surface area (Å²) in [5, 5.41) is 0. The van der Waals surface area contributed by atoms with E-state index in [9.17, 15) is 4.79 Å². The van der Waals surface area contributed by atoms with Crippen LogP contribution in [0.1, 0.15) is 123 Å². The third-order valence-corrected chi connectivity index (χ3v) is 5.46. The van der Waals surface area contributed by atoms with E-state index in [2.05, 4.69) is 13.8 Å². The highest BCUT2D eigenvalue weighted by Crippen LogP contribution is 2.26. The zero-order chi connectivity index (χ0) is 17.5. The number of hydrogen-bond donors (Lipinski definition) is 0. The van der Waals surface area contributed by atoms with E-state index in [1.54, 1.807) is 0 Å². The van der Waals surface area contributed by atoms with Crippen LogP contribution in [0.2, 0.25) is 0 Å². The molecule has 1 aliphatic rings. The largest absolute Gasteiger partial charge is 0.462 e. The van der Waals surface area contributed by atoms with Crippen molar-refractivity contribution in [3.63, 3.8) is 0 Å². The summed E-state index contributed by atoms with van der Waals surface area (Å²) in [7, 11) is 0. The quantitative estimate of drug-likeness (QED) is 0.247. The van der Waals surface area contributed by atoms with Gasteiger partial charge in [-0.1, -0.05) is 90.9 Å². The van der Waals surface area contributed by atoms with Gasteiger partial charge >= 0.3 is 5.97 Å². The first-order chi connectivity index (χ1) is 11.8. The predicted octanol–water partition coefficient (Wildman–Crippen LogP) is 7.20. The number of rotatable bonds is 14. The molecule has 0 aromatic carbocycles. The highest BCUT2D eigenvalue weighted by Gasteiger charge is 2.24. The fourth-order valence-electron chi connectivity index (χ4n) is 3.87. The second-order valence-corrected chi connectivity index (χ2v) is 7.80. The van der Waals surface area contributed by atoms with Gasteiger partial charge in [0.2, 0.25) is 0 Å². The van der Waals surface area contributed by atoms with Crippen LogP contribution in [0.4, 0.5) is 0 Å². The van der Waals surface area contributed by atoms with Crippen LogP contribution in [0.5, 0.6) is 0 Å². The highest BCUT2D eigenvalue weighted by atomic mass is 16.5. The van der Waals surface area contributed by atoms with Gasteiger partial charge in [0.25, 0.3) is 0 Å². The van der Waals surface area contributed by atoms with Crippen molar-refractivity contribution in [2.45, 2.75) is 129 Å². The number of ether oxygens (including phenoxy) is 1. The van der Waals surface area contributed by atoms with Crippen LogP contribution in [0.3, 0.4) is 0 Å². The zero-order valence-corrected chi connectivity index (χ0v) is 16.5. The minimum atomic E-state index is 0.101. The molecule has 2 nitrogen and oxygen atoms in total. The Balaban J connectivity index is 2.08. The summed E-state index contributed by atoms with van der Waals surface area (Å²) in [6.45, 7) is 4.46. The van der Waals surface area contributed by atoms with E-state index >= 15 is 0 Å². The highest BCUT2D eigenvalue weighted by molar-refractivity contribution is 5.72. The standard InChI is InChI=1S/C22H42O2/c1-3-5-6-7-8-9-10-11-15-19-21(16-4-2)24-22(23)20-17-13-12-14-18-20/h20-21H,3-19H2,1-2H3. The molecule has 0 saturated heterocycles. The van der Waals surface area contributed by atoms with Crippen LogP contribution in [0.25, 0.3) is 0 Å². The Morgan fingerprint density at radius 3 is 1.96 bits per heavy atom. The van der Waals surface area contributed by atoms with Crippen molar-refractivity contribution in [2.24, 2.45) is 5.92 Å². The topological polar surface area (TPSA) is 26.3 Å². The van der Waals surface area contributed by atoms with Crippen LogP contribution in [-0.2, 0) is 9.53 Å². The summed E-state index contributed by atoms with van der Waals surface area (Å²) >= 11 is 0. The minimum Gasteiger partial charge on any atom is -0.462 e. The number of unbranched alkanes of at least 4 members (excludes halogenated alkanes) is 8. The van der Waals surface area contributed by atoms with Gasteiger partial charge in [0.15, 0.2) is 0 Å². The molecule has 0 N–H and O–H groups in total. The number of hydrogen-bond acceptors (Lipinski definition) is 2. The van der Waals surface area contributed by atoms with Crippen molar-refractivity contribution in [3.8, 4) is 0 Å². The van der Waals surface area contributed by atoms with Crippen molar-refractivity contribution in [3.05, 3.63) is 0 Å². The monoisotopic (exact) mass is 338 g/mol. The Hall–Kier alpha value is -0.530. The first kappa shape index (κ1) is 21.5. The van der Waals surface area contributed by atoms with Gasteiger partial charge in [-0.15, -0.1) is 0 Å². The molecule has 0 heterocycles. The maximum absolute atomic E-state index is 12.3. The smallest absolute Gasteiger partial charge is 0.309 e. The summed E-state index contributed by atoms with van der Waals surface area (Å²) in [5.41, 5.74) is 0. The average molecular weight is 339 g/mol. The maximum Gasteiger partial charge on any atom is 0.309 e. The van der Waals surface area contributed by atoms with Crippen LogP contribution in [-0.4, -0.2) is 12.1 Å². The molecule has 2 heteroatoms. The lowest BCUT2D eigenvalue weighted by molar-refractivity contribution is -0.156. The van der Waals surface area contributed by atoms with Gasteiger partial charge in [-0.25, -0.2) is 0 Å². The average Bonchev–Trinajstić information content (AvgIpc) is 2.61. The number of carbonyl (C=O) groups excluding carboxylic acids is 1. The molecule has 0 amide bonds. The summed E-state index contributed by atoms with van der Waals surface area (Å²) in [5.74, 6) is 0.297. The van der Waals surface area contributed by atoms with E-state index in [4.69, 9.17) is 4.74 Å². The molecule has 0 radical (unpaired) electrons. The van der Waals surface area contributed by atoms with Crippen molar-refractivity contribution in [2.75, 3.05) is 0 Å². The molecule has 142 valence electrons. The van der Waals surface area contributed by atoms with Gasteiger partial charge in [-0.2, -0.15) is 0 Å². The lowest BCUT2D eigenvalue weighted by atomic mass is 9.89. The first-order valence-electron chi connectivity index (χ1n) is 11.0. The minimum absolute atomic E-state index is 0.101. The number of carbonyl (C=O) groups is 1. The fourth-order valence-corrected chi connectivity index (χ4v) is 3.87. The van der Waals surface area contributed by atoms with E-state index in [1.807, 2.05) is 0 Å². The van der Waals surface area contributed by atoms with Crippen molar-refractivity contribution in [1.29, 1.82) is 0 Å². The van der Waals surface area contributed by atoms with Crippen LogP contribution < -0.4 is 0 Å². The second-order valence-electron chi connectivity index (χ2n) is 7.80. The third kappa shape index (κ3) is 10.4. The molecule has 0 bridgehead atoms. The lowest BCUT2D eigenvalue weighted by Crippen LogP contribution is -2.26. The van der Waals surface area contributed by atoms with Gasteiger partial charge in [-0.3, -0.25) is 4.79 Å². The molecule has 1 fully saturated rings. The molecule has 1 aliphatic carbocycles. The lowest BCUT2D eigenvalue weighted by Gasteiger charge is -2.24. The molecule has 1 atom stereocenters. The van der Waals surface area contributed by atoms with E-state index in [0.717, 1.165) is 32.1 Å². The predicted molar refractivity (Wildman–Crippen MR) is 103 cm³/mol. The van der Waals surface area contributed by atoms with E-state index in [0.29, 0.717) is 0 Å². The van der Waals surface area contributed by atoms with Gasteiger partial charge in [0, 0.05) is 0 Å². The third-order valence-electron chi connectivity index (χ3n) is 5.46.